The van der Waals surface area contributed by atoms with Crippen LogP contribution in [0.2, 0.25) is 0 Å². The summed E-state index contributed by atoms with van der Waals surface area (Å²) in [5, 5.41) is 10.8. The Balaban J connectivity index is 1.98. The Morgan fingerprint density at radius 2 is 1.91 bits per heavy atom. The van der Waals surface area contributed by atoms with Crippen LogP contribution in [-0.2, 0) is 11.2 Å². The van der Waals surface area contributed by atoms with Crippen molar-refractivity contribution in [1.29, 1.82) is 0 Å². The van der Waals surface area contributed by atoms with Crippen molar-refractivity contribution >= 4 is 11.7 Å². The van der Waals surface area contributed by atoms with Crippen molar-refractivity contribution in [3.05, 3.63) is 64.2 Å². The van der Waals surface area contributed by atoms with Gasteiger partial charge in [0.1, 0.15) is 5.75 Å². The van der Waals surface area contributed by atoms with Crippen LogP contribution in [0.25, 0.3) is 0 Å². The molecule has 0 fully saturated rings. The van der Waals surface area contributed by atoms with Crippen molar-refractivity contribution in [1.82, 2.24) is 0 Å². The van der Waals surface area contributed by atoms with Gasteiger partial charge in [-0.1, -0.05) is 30.3 Å². The van der Waals surface area contributed by atoms with Gasteiger partial charge in [0.25, 0.3) is 0 Å². The van der Waals surface area contributed by atoms with Gasteiger partial charge in [0.2, 0.25) is 5.75 Å². The number of ether oxygens (including phenoxy) is 2. The summed E-state index contributed by atoms with van der Waals surface area (Å²) in [6.45, 7) is 0. The molecule has 0 aliphatic rings. The summed E-state index contributed by atoms with van der Waals surface area (Å²) in [4.78, 5) is 22.0. The Hall–Kier alpha value is -2.89. The average molecular weight is 301 g/mol. The number of hydrogen-bond acceptors (Lipinski definition) is 5. The highest BCUT2D eigenvalue weighted by Crippen LogP contribution is 2.30. The third-order valence-electron chi connectivity index (χ3n) is 3.04. The van der Waals surface area contributed by atoms with E-state index in [9.17, 15) is 14.9 Å². The zero-order chi connectivity index (χ0) is 15.9. The zero-order valence-corrected chi connectivity index (χ0v) is 12.0. The van der Waals surface area contributed by atoms with Gasteiger partial charge in [-0.05, 0) is 18.1 Å². The van der Waals surface area contributed by atoms with Crippen molar-refractivity contribution in [2.75, 3.05) is 7.11 Å². The summed E-state index contributed by atoms with van der Waals surface area (Å²) in [6, 6.07) is 13.5. The minimum Gasteiger partial charge on any atom is -0.490 e. The molecule has 0 aromatic heterocycles. The van der Waals surface area contributed by atoms with Crippen molar-refractivity contribution in [2.45, 2.75) is 12.8 Å². The van der Waals surface area contributed by atoms with Crippen LogP contribution in [0.5, 0.6) is 11.5 Å². The van der Waals surface area contributed by atoms with Crippen molar-refractivity contribution in [2.24, 2.45) is 0 Å². The second-order valence-corrected chi connectivity index (χ2v) is 4.55. The average Bonchev–Trinajstić information content (AvgIpc) is 2.53. The van der Waals surface area contributed by atoms with E-state index in [1.54, 1.807) is 0 Å². The molecule has 0 aliphatic heterocycles. The number of rotatable bonds is 6. The van der Waals surface area contributed by atoms with Gasteiger partial charge in [-0.25, -0.2) is 0 Å². The highest BCUT2D eigenvalue weighted by molar-refractivity contribution is 5.73. The van der Waals surface area contributed by atoms with Crippen molar-refractivity contribution in [3.63, 3.8) is 0 Å². The van der Waals surface area contributed by atoms with Gasteiger partial charge in [0.05, 0.1) is 12.0 Å². The number of aryl methyl sites for hydroxylation is 1. The van der Waals surface area contributed by atoms with Gasteiger partial charge in [-0.15, -0.1) is 0 Å². The third kappa shape index (κ3) is 4.05. The number of nitrogens with zero attached hydrogens (tertiary/aromatic N) is 1. The Kier molecular flexibility index (Phi) is 5.08. The summed E-state index contributed by atoms with van der Waals surface area (Å²) >= 11 is 0. The predicted octanol–water partition coefficient (Wildman–Crippen LogP) is 3.14. The molecule has 0 amide bonds. The number of nitro groups is 1. The van der Waals surface area contributed by atoms with E-state index < -0.39 is 10.9 Å². The molecule has 0 heterocycles. The molecule has 0 atom stereocenters. The van der Waals surface area contributed by atoms with E-state index in [2.05, 4.69) is 0 Å². The lowest BCUT2D eigenvalue weighted by Gasteiger charge is -2.07. The van der Waals surface area contributed by atoms with E-state index in [1.807, 2.05) is 30.3 Å². The topological polar surface area (TPSA) is 78.7 Å². The van der Waals surface area contributed by atoms with Gasteiger partial charge in [0.15, 0.2) is 0 Å². The van der Waals surface area contributed by atoms with Crippen LogP contribution in [0, 0.1) is 10.1 Å². The summed E-state index contributed by atoms with van der Waals surface area (Å²) < 4.78 is 10.1. The highest BCUT2D eigenvalue weighted by Gasteiger charge is 2.16. The highest BCUT2D eigenvalue weighted by atomic mass is 16.6. The first kappa shape index (κ1) is 15.5. The molecule has 0 bridgehead atoms. The number of esters is 1. The molecule has 0 saturated carbocycles. The maximum absolute atomic E-state index is 11.8. The van der Waals surface area contributed by atoms with Crippen LogP contribution in [0.4, 0.5) is 5.69 Å². The van der Waals surface area contributed by atoms with Crippen LogP contribution >= 0.6 is 0 Å². The lowest BCUT2D eigenvalue weighted by atomic mass is 10.1. The summed E-state index contributed by atoms with van der Waals surface area (Å²) in [5.41, 5.74) is 0.868. The number of hydrogen-bond donors (Lipinski definition) is 0. The van der Waals surface area contributed by atoms with E-state index in [4.69, 9.17) is 9.47 Å². The first-order chi connectivity index (χ1) is 10.6. The largest absolute Gasteiger partial charge is 0.490 e. The first-order valence-corrected chi connectivity index (χ1v) is 6.67. The summed E-state index contributed by atoms with van der Waals surface area (Å²) in [7, 11) is 1.32. The molecule has 0 saturated heterocycles. The molecule has 0 N–H and O–H groups in total. The van der Waals surface area contributed by atoms with E-state index >= 15 is 0 Å². The molecular formula is C16H15NO5. The quantitative estimate of drug-likeness (QED) is 0.354. The minimum absolute atomic E-state index is 0.0540. The predicted molar refractivity (Wildman–Crippen MR) is 80.0 cm³/mol. The number of nitro benzene ring substituents is 1. The second-order valence-electron chi connectivity index (χ2n) is 4.55. The molecule has 22 heavy (non-hydrogen) atoms. The lowest BCUT2D eigenvalue weighted by Crippen LogP contribution is -2.09. The van der Waals surface area contributed by atoms with Crippen molar-refractivity contribution in [3.8, 4) is 11.5 Å². The maximum atomic E-state index is 11.8. The van der Waals surface area contributed by atoms with Crippen LogP contribution in [0.1, 0.15) is 12.0 Å². The van der Waals surface area contributed by atoms with Crippen LogP contribution in [0.3, 0.4) is 0 Å². The number of carbonyl (C=O) groups is 1. The summed E-state index contributed by atoms with van der Waals surface area (Å²) in [5.74, 6) is -0.126. The second kappa shape index (κ2) is 7.21. The SMILES string of the molecule is COc1cc(OC(=O)CCc2ccccc2)ccc1[N+](=O)[O-]. The fourth-order valence-corrected chi connectivity index (χ4v) is 1.95. The Morgan fingerprint density at radius 1 is 1.18 bits per heavy atom. The Morgan fingerprint density at radius 3 is 2.55 bits per heavy atom. The van der Waals surface area contributed by atoms with E-state index in [-0.39, 0.29) is 23.6 Å². The molecule has 6 heteroatoms. The van der Waals surface area contributed by atoms with Gasteiger partial charge in [-0.2, -0.15) is 0 Å². The first-order valence-electron chi connectivity index (χ1n) is 6.67. The maximum Gasteiger partial charge on any atom is 0.311 e. The van der Waals surface area contributed by atoms with E-state index in [0.717, 1.165) is 5.56 Å². The standard InChI is InChI=1S/C16H15NO5/c1-21-15-11-13(8-9-14(15)17(19)20)22-16(18)10-7-12-5-3-2-4-6-12/h2-6,8-9,11H,7,10H2,1H3. The van der Waals surface area contributed by atoms with Gasteiger partial charge in [0, 0.05) is 18.6 Å². The molecule has 0 aliphatic carbocycles. The minimum atomic E-state index is -0.556. The Bertz CT molecular complexity index is 669. The number of benzene rings is 2. The van der Waals surface area contributed by atoms with E-state index in [1.165, 1.54) is 25.3 Å². The summed E-state index contributed by atoms with van der Waals surface area (Å²) in [6.07, 6.45) is 0.799. The molecule has 6 nitrogen and oxygen atoms in total. The molecule has 2 aromatic carbocycles. The number of carbonyl (C=O) groups excluding carboxylic acids is 1. The molecule has 2 aromatic rings. The number of methoxy groups -OCH3 is 1. The van der Waals surface area contributed by atoms with Gasteiger partial charge >= 0.3 is 11.7 Å². The van der Waals surface area contributed by atoms with Crippen LogP contribution < -0.4 is 9.47 Å². The van der Waals surface area contributed by atoms with Gasteiger partial charge < -0.3 is 9.47 Å². The fourth-order valence-electron chi connectivity index (χ4n) is 1.95. The lowest BCUT2D eigenvalue weighted by molar-refractivity contribution is -0.385. The Labute approximate surface area is 127 Å². The van der Waals surface area contributed by atoms with Crippen LogP contribution in [-0.4, -0.2) is 18.0 Å². The van der Waals surface area contributed by atoms with Gasteiger partial charge in [-0.3, -0.25) is 14.9 Å². The molecule has 114 valence electrons. The molecule has 2 rings (SSSR count). The fraction of sp³-hybridized carbons (Fsp3) is 0.188. The molecular weight excluding hydrogens is 286 g/mol. The normalized spacial score (nSPS) is 10.0. The monoisotopic (exact) mass is 301 g/mol. The zero-order valence-electron chi connectivity index (χ0n) is 12.0. The van der Waals surface area contributed by atoms with E-state index in [0.29, 0.717) is 6.42 Å². The van der Waals surface area contributed by atoms with Crippen LogP contribution in [0.15, 0.2) is 48.5 Å². The third-order valence-corrected chi connectivity index (χ3v) is 3.04. The van der Waals surface area contributed by atoms with Crippen molar-refractivity contribution < 1.29 is 19.2 Å². The smallest absolute Gasteiger partial charge is 0.311 e. The molecule has 0 spiro atoms. The molecule has 0 unspecified atom stereocenters. The molecule has 0 radical (unpaired) electrons.